The Hall–Kier alpha value is -2.19. The molecule has 2 aromatic rings. The molecule has 0 spiro atoms. The molecule has 0 aromatic carbocycles. The minimum Gasteiger partial charge on any atom is -0.464 e. The summed E-state index contributed by atoms with van der Waals surface area (Å²) in [5, 5.41) is 3.24. The Morgan fingerprint density at radius 3 is 2.68 bits per heavy atom. The number of carbonyl (C=O) groups excluding carboxylic acids is 2. The van der Waals surface area contributed by atoms with Crippen LogP contribution in [0.1, 0.15) is 34.6 Å². The van der Waals surface area contributed by atoms with Crippen molar-refractivity contribution < 1.29 is 19.1 Å². The van der Waals surface area contributed by atoms with E-state index < -0.39 is 5.97 Å². The summed E-state index contributed by atoms with van der Waals surface area (Å²) in [5.74, 6) is -0.622. The number of ether oxygens (including phenoxy) is 2. The number of nitrogens with zero attached hydrogens (tertiary/aromatic N) is 2. The number of rotatable bonds is 5. The molecular weight excluding hydrogens is 342 g/mol. The molecule has 8 heteroatoms. The summed E-state index contributed by atoms with van der Waals surface area (Å²) in [6.07, 6.45) is 5.86. The summed E-state index contributed by atoms with van der Waals surface area (Å²) in [6, 6.07) is 3.92. The van der Waals surface area contributed by atoms with Crippen LogP contribution in [0.15, 0.2) is 24.5 Å². The lowest BCUT2D eigenvalue weighted by atomic mass is 9.86. The zero-order valence-corrected chi connectivity index (χ0v) is 15.1. The Bertz CT molecular complexity index is 748. The Balaban J connectivity index is 1.73. The molecule has 1 amide bonds. The second-order valence-electron chi connectivity index (χ2n) is 6.07. The third-order valence-corrected chi connectivity index (χ3v) is 5.37. The summed E-state index contributed by atoms with van der Waals surface area (Å²) in [5.41, 5.74) is -0.0439. The average molecular weight is 363 g/mol. The van der Waals surface area contributed by atoms with Crippen LogP contribution in [-0.2, 0) is 19.8 Å². The Morgan fingerprint density at radius 2 is 2.04 bits per heavy atom. The molecular formula is C17H21N3O4S. The number of aromatic nitrogens is 2. The van der Waals surface area contributed by atoms with Gasteiger partial charge in [-0.3, -0.25) is 4.79 Å². The summed E-state index contributed by atoms with van der Waals surface area (Å²) in [7, 11) is 1.31. The maximum atomic E-state index is 12.6. The van der Waals surface area contributed by atoms with E-state index in [0.29, 0.717) is 29.6 Å². The fourth-order valence-electron chi connectivity index (χ4n) is 3.13. The average Bonchev–Trinajstić information content (AvgIpc) is 3.25. The predicted molar refractivity (Wildman–Crippen MR) is 93.9 cm³/mol. The van der Waals surface area contributed by atoms with E-state index in [9.17, 15) is 9.59 Å². The van der Waals surface area contributed by atoms with Gasteiger partial charge in [-0.15, -0.1) is 11.3 Å². The summed E-state index contributed by atoms with van der Waals surface area (Å²) in [4.78, 5) is 29.2. The van der Waals surface area contributed by atoms with E-state index in [4.69, 9.17) is 9.47 Å². The number of aryl methyl sites for hydroxylation is 1. The molecule has 25 heavy (non-hydrogen) atoms. The zero-order valence-electron chi connectivity index (χ0n) is 14.3. The van der Waals surface area contributed by atoms with Gasteiger partial charge in [0.1, 0.15) is 0 Å². The van der Waals surface area contributed by atoms with Crippen LogP contribution in [0.5, 0.6) is 0 Å². The molecule has 0 saturated carbocycles. The van der Waals surface area contributed by atoms with Crippen LogP contribution in [0.4, 0.5) is 5.13 Å². The number of amides is 1. The van der Waals surface area contributed by atoms with Crippen molar-refractivity contribution in [3.8, 4) is 0 Å². The maximum Gasteiger partial charge on any atom is 0.357 e. The lowest BCUT2D eigenvalue weighted by Crippen LogP contribution is -2.42. The van der Waals surface area contributed by atoms with Crippen molar-refractivity contribution in [3.63, 3.8) is 0 Å². The number of carbonyl (C=O) groups is 2. The van der Waals surface area contributed by atoms with E-state index in [1.807, 2.05) is 24.5 Å². The van der Waals surface area contributed by atoms with Gasteiger partial charge in [0.15, 0.2) is 10.8 Å². The van der Waals surface area contributed by atoms with Gasteiger partial charge in [0.05, 0.1) is 19.1 Å². The molecule has 0 atom stereocenters. The molecule has 0 unspecified atom stereocenters. The first-order chi connectivity index (χ1) is 12.0. The van der Waals surface area contributed by atoms with Crippen LogP contribution in [0.25, 0.3) is 0 Å². The lowest BCUT2D eigenvalue weighted by Gasteiger charge is -2.38. The summed E-state index contributed by atoms with van der Waals surface area (Å²) < 4.78 is 12.3. The number of esters is 1. The number of anilines is 1. The largest absolute Gasteiger partial charge is 0.464 e. The summed E-state index contributed by atoms with van der Waals surface area (Å²) >= 11 is 1.27. The van der Waals surface area contributed by atoms with Crippen molar-refractivity contribution in [3.05, 3.63) is 35.1 Å². The zero-order chi connectivity index (χ0) is 17.9. The van der Waals surface area contributed by atoms with Gasteiger partial charge in [0, 0.05) is 30.5 Å². The van der Waals surface area contributed by atoms with E-state index in [0.717, 1.165) is 12.8 Å². The maximum absolute atomic E-state index is 12.6. The van der Waals surface area contributed by atoms with Crippen LogP contribution >= 0.6 is 11.3 Å². The van der Waals surface area contributed by atoms with Gasteiger partial charge >= 0.3 is 5.97 Å². The molecule has 134 valence electrons. The third-order valence-electron chi connectivity index (χ3n) is 4.49. The molecule has 1 aliphatic rings. The van der Waals surface area contributed by atoms with Crippen LogP contribution < -0.4 is 5.32 Å². The fourth-order valence-corrected chi connectivity index (χ4v) is 3.94. The molecule has 3 rings (SSSR count). The van der Waals surface area contributed by atoms with Gasteiger partial charge in [-0.05, 0) is 31.9 Å². The monoisotopic (exact) mass is 363 g/mol. The third kappa shape index (κ3) is 3.74. The van der Waals surface area contributed by atoms with E-state index in [2.05, 4.69) is 14.9 Å². The van der Waals surface area contributed by atoms with Crippen molar-refractivity contribution in [1.82, 2.24) is 9.55 Å². The second-order valence-corrected chi connectivity index (χ2v) is 7.27. The highest BCUT2D eigenvalue weighted by atomic mass is 32.1. The normalized spacial score (nSPS) is 16.4. The van der Waals surface area contributed by atoms with Gasteiger partial charge in [0.2, 0.25) is 5.91 Å². The van der Waals surface area contributed by atoms with Crippen molar-refractivity contribution >= 4 is 28.3 Å². The molecule has 3 heterocycles. The van der Waals surface area contributed by atoms with Crippen LogP contribution in [0.3, 0.4) is 0 Å². The molecule has 7 nitrogen and oxygen atoms in total. The summed E-state index contributed by atoms with van der Waals surface area (Å²) in [6.45, 7) is 3.04. The first-order valence-electron chi connectivity index (χ1n) is 8.11. The van der Waals surface area contributed by atoms with Crippen molar-refractivity contribution in [2.75, 3.05) is 25.6 Å². The Labute approximate surface area is 150 Å². The van der Waals surface area contributed by atoms with Gasteiger partial charge in [0.25, 0.3) is 0 Å². The second kappa shape index (κ2) is 7.37. The molecule has 1 fully saturated rings. The molecule has 1 aliphatic heterocycles. The molecule has 0 radical (unpaired) electrons. The minimum absolute atomic E-state index is 0.124. The molecule has 1 N–H and O–H groups in total. The van der Waals surface area contributed by atoms with Gasteiger partial charge in [-0.2, -0.15) is 0 Å². The first-order valence-corrected chi connectivity index (χ1v) is 8.92. The fraction of sp³-hybridized carbons (Fsp3) is 0.471. The van der Waals surface area contributed by atoms with Gasteiger partial charge in [-0.25, -0.2) is 9.78 Å². The Kier molecular flexibility index (Phi) is 5.19. The van der Waals surface area contributed by atoms with Crippen LogP contribution in [0.2, 0.25) is 0 Å². The smallest absolute Gasteiger partial charge is 0.357 e. The highest BCUT2D eigenvalue weighted by Gasteiger charge is 2.36. The Morgan fingerprint density at radius 1 is 1.36 bits per heavy atom. The molecule has 2 aromatic heterocycles. The van der Waals surface area contributed by atoms with Crippen LogP contribution in [-0.4, -0.2) is 41.8 Å². The number of methoxy groups -OCH3 is 1. The number of nitrogens with one attached hydrogen (secondary N) is 1. The molecule has 0 aliphatic carbocycles. The minimum atomic E-state index is -0.498. The topological polar surface area (TPSA) is 82.5 Å². The van der Waals surface area contributed by atoms with E-state index in [1.54, 1.807) is 6.92 Å². The molecule has 1 saturated heterocycles. The van der Waals surface area contributed by atoms with Crippen molar-refractivity contribution in [2.24, 2.45) is 0 Å². The van der Waals surface area contributed by atoms with Crippen molar-refractivity contribution in [1.29, 1.82) is 0 Å². The number of thiazole rings is 1. The number of hydrogen-bond acceptors (Lipinski definition) is 6. The highest BCUT2D eigenvalue weighted by molar-refractivity contribution is 7.16. The lowest BCUT2D eigenvalue weighted by molar-refractivity contribution is -0.119. The van der Waals surface area contributed by atoms with Crippen molar-refractivity contribution in [2.45, 2.75) is 31.7 Å². The standard InChI is InChI=1S/C17H21N3O4S/c1-12-14(15(22)23-2)19-16(25-12)18-13(21)11-17(5-9-24-10-6-17)20-7-3-4-8-20/h3-4,7-8H,5-6,9-11H2,1-2H3,(H,18,19,21). The quantitative estimate of drug-likeness (QED) is 0.826. The van der Waals surface area contributed by atoms with Gasteiger partial charge in [-0.1, -0.05) is 0 Å². The molecule has 0 bridgehead atoms. The first kappa shape index (κ1) is 17.6. The van der Waals surface area contributed by atoms with Gasteiger partial charge < -0.3 is 19.4 Å². The number of hydrogen-bond donors (Lipinski definition) is 1. The highest BCUT2D eigenvalue weighted by Crippen LogP contribution is 2.33. The van der Waals surface area contributed by atoms with E-state index >= 15 is 0 Å². The van der Waals surface area contributed by atoms with E-state index in [-0.39, 0.29) is 17.1 Å². The SMILES string of the molecule is COC(=O)c1nc(NC(=O)CC2(n3cccc3)CCOCC2)sc1C. The van der Waals surface area contributed by atoms with Crippen LogP contribution in [0, 0.1) is 6.92 Å². The predicted octanol–water partition coefficient (Wildman–Crippen LogP) is 2.57. The van der Waals surface area contributed by atoms with E-state index in [1.165, 1.54) is 18.4 Å².